The quantitative estimate of drug-likeness (QED) is 0.213. The lowest BCUT2D eigenvalue weighted by Crippen LogP contribution is -2.36. The second-order valence-corrected chi connectivity index (χ2v) is 9.70. The Labute approximate surface area is 223 Å². The number of hydrogen-bond acceptors (Lipinski definition) is 3. The lowest BCUT2D eigenvalue weighted by molar-refractivity contribution is -0.121. The summed E-state index contributed by atoms with van der Waals surface area (Å²) in [6, 6.07) is 32.3. The molecule has 4 aromatic carbocycles. The lowest BCUT2D eigenvalue weighted by Gasteiger charge is -2.27. The van der Waals surface area contributed by atoms with Gasteiger partial charge in [-0.15, -0.1) is 0 Å². The molecule has 0 aliphatic carbocycles. The van der Waals surface area contributed by atoms with E-state index in [0.29, 0.717) is 24.2 Å². The highest BCUT2D eigenvalue weighted by Crippen LogP contribution is 2.29. The molecule has 0 amide bonds. The number of Topliss-reactive ketones (excluding diaryl/α,β-unsaturated/α-hetero) is 1. The van der Waals surface area contributed by atoms with Crippen LogP contribution in [0.3, 0.4) is 0 Å². The third-order valence-corrected chi connectivity index (χ3v) is 7.04. The number of carbonyl (C=O) groups excluding carboxylic acids is 1. The van der Waals surface area contributed by atoms with Crippen LogP contribution in [0.15, 0.2) is 109 Å². The van der Waals surface area contributed by atoms with E-state index in [1.807, 2.05) is 74.5 Å². The van der Waals surface area contributed by atoms with Crippen molar-refractivity contribution in [2.45, 2.75) is 37.8 Å². The zero-order valence-corrected chi connectivity index (χ0v) is 21.8. The highest BCUT2D eigenvalue weighted by Gasteiger charge is 2.30. The van der Waals surface area contributed by atoms with Gasteiger partial charge in [0.05, 0.1) is 11.8 Å². The highest BCUT2D eigenvalue weighted by molar-refractivity contribution is 5.92. The maximum absolute atomic E-state index is 14.3. The minimum Gasteiger partial charge on any atom is -0.309 e. The minimum atomic E-state index is -0.626. The van der Waals surface area contributed by atoms with Crippen molar-refractivity contribution in [2.75, 3.05) is 13.1 Å². The van der Waals surface area contributed by atoms with Gasteiger partial charge in [-0.1, -0.05) is 84.9 Å². The minimum absolute atomic E-state index is 0.0103. The lowest BCUT2D eigenvalue weighted by atomic mass is 9.83. The molecule has 0 aromatic heterocycles. The van der Waals surface area contributed by atoms with E-state index in [9.17, 15) is 13.6 Å². The summed E-state index contributed by atoms with van der Waals surface area (Å²) in [6.07, 6.45) is 0. The van der Waals surface area contributed by atoms with Gasteiger partial charge in [-0.2, -0.15) is 0 Å². The summed E-state index contributed by atoms with van der Waals surface area (Å²) in [4.78, 5) is 14.2. The summed E-state index contributed by atoms with van der Waals surface area (Å²) >= 11 is 0. The van der Waals surface area contributed by atoms with Crippen molar-refractivity contribution in [2.24, 2.45) is 0 Å². The molecule has 0 aliphatic rings. The number of ketones is 1. The maximum Gasteiger partial charge on any atom is 0.150 e. The summed E-state index contributed by atoms with van der Waals surface area (Å²) in [6.45, 7) is 4.71. The van der Waals surface area contributed by atoms with Crippen molar-refractivity contribution in [1.82, 2.24) is 10.6 Å². The molecule has 5 heteroatoms. The van der Waals surface area contributed by atoms with Gasteiger partial charge in [-0.05, 0) is 60.4 Å². The van der Waals surface area contributed by atoms with Crippen LogP contribution < -0.4 is 10.6 Å². The molecular formula is C33H34F2N2O. The van der Waals surface area contributed by atoms with Crippen LogP contribution in [0.4, 0.5) is 8.78 Å². The van der Waals surface area contributed by atoms with E-state index < -0.39 is 23.5 Å². The molecule has 0 heterocycles. The Morgan fingerprint density at radius 2 is 0.947 bits per heavy atom. The molecule has 0 bridgehead atoms. The van der Waals surface area contributed by atoms with Crippen LogP contribution in [-0.4, -0.2) is 18.9 Å². The summed E-state index contributed by atoms with van der Waals surface area (Å²) in [7, 11) is 0. The molecule has 0 spiro atoms. The van der Waals surface area contributed by atoms with E-state index in [-0.39, 0.29) is 17.9 Å². The molecule has 0 saturated carbocycles. The molecule has 196 valence electrons. The monoisotopic (exact) mass is 512 g/mol. The summed E-state index contributed by atoms with van der Waals surface area (Å²) in [5, 5.41) is 6.94. The van der Waals surface area contributed by atoms with E-state index >= 15 is 0 Å². The Bertz CT molecular complexity index is 1210. The molecule has 4 aromatic rings. The fraction of sp³-hybridized carbons (Fsp3) is 0.242. The van der Waals surface area contributed by atoms with Gasteiger partial charge in [0.15, 0.2) is 0 Å². The highest BCUT2D eigenvalue weighted by atomic mass is 19.1. The SMILES string of the molecule is C[C@@H](NCC(C(=O)C(CN[C@H](C)c1ccccc1)c1cccc(F)c1)c1cccc(F)c1)c1ccccc1. The van der Waals surface area contributed by atoms with Gasteiger partial charge in [0.1, 0.15) is 17.4 Å². The number of carbonyl (C=O) groups is 1. The fourth-order valence-electron chi connectivity index (χ4n) is 4.76. The molecule has 2 unspecified atom stereocenters. The van der Waals surface area contributed by atoms with E-state index in [4.69, 9.17) is 0 Å². The van der Waals surface area contributed by atoms with Gasteiger partial charge >= 0.3 is 0 Å². The molecule has 0 fully saturated rings. The summed E-state index contributed by atoms with van der Waals surface area (Å²) in [5.41, 5.74) is 3.39. The second kappa shape index (κ2) is 13.2. The van der Waals surface area contributed by atoms with Gasteiger partial charge < -0.3 is 10.6 Å². The van der Waals surface area contributed by atoms with Crippen molar-refractivity contribution in [3.05, 3.63) is 143 Å². The predicted molar refractivity (Wildman–Crippen MR) is 149 cm³/mol. The van der Waals surface area contributed by atoms with Crippen molar-refractivity contribution in [1.29, 1.82) is 0 Å². The standard InChI is InChI=1S/C33H34F2N2O/c1-23(25-11-5-3-6-12-25)36-21-31(27-15-9-17-29(34)19-27)33(38)32(28-16-10-18-30(35)20-28)22-37-24(2)26-13-7-4-8-14-26/h3-20,23-24,31-32,36-37H,21-22H2,1-2H3/t23-,24-,31?,32?/m1/s1. The average molecular weight is 513 g/mol. The van der Waals surface area contributed by atoms with Gasteiger partial charge in [0, 0.05) is 25.2 Å². The zero-order chi connectivity index (χ0) is 26.9. The predicted octanol–water partition coefficient (Wildman–Crippen LogP) is 7.10. The summed E-state index contributed by atoms with van der Waals surface area (Å²) in [5.74, 6) is -2.14. The second-order valence-electron chi connectivity index (χ2n) is 9.70. The molecule has 0 radical (unpaired) electrons. The van der Waals surface area contributed by atoms with Gasteiger partial charge in [0.25, 0.3) is 0 Å². The van der Waals surface area contributed by atoms with Crippen molar-refractivity contribution < 1.29 is 13.6 Å². The van der Waals surface area contributed by atoms with Crippen LogP contribution >= 0.6 is 0 Å². The van der Waals surface area contributed by atoms with Crippen molar-refractivity contribution >= 4 is 5.78 Å². The van der Waals surface area contributed by atoms with Gasteiger partial charge in [0.2, 0.25) is 0 Å². The first-order valence-electron chi connectivity index (χ1n) is 13.0. The normalized spacial score (nSPS) is 14.4. The Kier molecular flexibility index (Phi) is 9.52. The topological polar surface area (TPSA) is 41.1 Å². The Balaban J connectivity index is 1.62. The Hall–Kier alpha value is -3.67. The van der Waals surface area contributed by atoms with Crippen LogP contribution in [0.25, 0.3) is 0 Å². The van der Waals surface area contributed by atoms with Crippen LogP contribution in [0.1, 0.15) is 60.0 Å². The number of benzene rings is 4. The fourth-order valence-corrected chi connectivity index (χ4v) is 4.76. The van der Waals surface area contributed by atoms with E-state index in [0.717, 1.165) is 11.1 Å². The third kappa shape index (κ3) is 7.21. The van der Waals surface area contributed by atoms with E-state index in [1.54, 1.807) is 24.3 Å². The number of hydrogen-bond donors (Lipinski definition) is 2. The first-order chi connectivity index (χ1) is 18.4. The van der Waals surface area contributed by atoms with Crippen molar-refractivity contribution in [3.63, 3.8) is 0 Å². The van der Waals surface area contributed by atoms with Crippen LogP contribution in [0.5, 0.6) is 0 Å². The molecular weight excluding hydrogens is 478 g/mol. The molecule has 2 N–H and O–H groups in total. The van der Waals surface area contributed by atoms with Crippen LogP contribution in [0, 0.1) is 11.6 Å². The largest absolute Gasteiger partial charge is 0.309 e. The Morgan fingerprint density at radius 1 is 0.579 bits per heavy atom. The maximum atomic E-state index is 14.3. The van der Waals surface area contributed by atoms with Crippen molar-refractivity contribution in [3.8, 4) is 0 Å². The average Bonchev–Trinajstić information content (AvgIpc) is 2.94. The van der Waals surface area contributed by atoms with Crippen LogP contribution in [-0.2, 0) is 4.79 Å². The van der Waals surface area contributed by atoms with E-state index in [2.05, 4.69) is 10.6 Å². The zero-order valence-electron chi connectivity index (χ0n) is 21.8. The molecule has 38 heavy (non-hydrogen) atoms. The molecule has 4 rings (SSSR count). The summed E-state index contributed by atoms with van der Waals surface area (Å²) < 4.78 is 28.6. The molecule has 4 atom stereocenters. The number of rotatable bonds is 12. The first kappa shape index (κ1) is 27.4. The smallest absolute Gasteiger partial charge is 0.150 e. The number of nitrogens with one attached hydrogen (secondary N) is 2. The van der Waals surface area contributed by atoms with E-state index in [1.165, 1.54) is 24.3 Å². The van der Waals surface area contributed by atoms with Gasteiger partial charge in [-0.25, -0.2) is 8.78 Å². The molecule has 3 nitrogen and oxygen atoms in total. The first-order valence-corrected chi connectivity index (χ1v) is 13.0. The Morgan fingerprint density at radius 3 is 1.32 bits per heavy atom. The third-order valence-electron chi connectivity index (χ3n) is 7.04. The molecule has 0 saturated heterocycles. The van der Waals surface area contributed by atoms with Crippen LogP contribution in [0.2, 0.25) is 0 Å². The number of halogens is 2. The van der Waals surface area contributed by atoms with Gasteiger partial charge in [-0.3, -0.25) is 4.79 Å². The molecule has 0 aliphatic heterocycles.